The van der Waals surface area contributed by atoms with Gasteiger partial charge in [-0.2, -0.15) is 0 Å². The first-order valence-electron chi connectivity index (χ1n) is 8.49. The van der Waals surface area contributed by atoms with E-state index in [1.807, 2.05) is 31.1 Å². The van der Waals surface area contributed by atoms with Crippen molar-refractivity contribution >= 4 is 40.5 Å². The van der Waals surface area contributed by atoms with Crippen LogP contribution in [-0.2, 0) is 14.4 Å². The van der Waals surface area contributed by atoms with Gasteiger partial charge < -0.3 is 20.4 Å². The summed E-state index contributed by atoms with van der Waals surface area (Å²) in [5.41, 5.74) is 2.78. The van der Waals surface area contributed by atoms with Crippen LogP contribution >= 0.6 is 0 Å². The molecule has 0 radical (unpaired) electrons. The normalized spacial score (nSPS) is 10.1. The molecular formula is C20H24N4O3. The van der Waals surface area contributed by atoms with Gasteiger partial charge in [-0.3, -0.25) is 14.4 Å². The minimum Gasteiger partial charge on any atom is -0.378 e. The maximum Gasteiger partial charge on any atom is 0.244 e. The van der Waals surface area contributed by atoms with Crippen molar-refractivity contribution in [3.8, 4) is 0 Å². The Balaban J connectivity index is 2.09. The van der Waals surface area contributed by atoms with E-state index in [0.717, 1.165) is 5.69 Å². The van der Waals surface area contributed by atoms with E-state index in [1.54, 1.807) is 36.4 Å². The molecule has 2 aromatic carbocycles. The number of nitrogens with zero attached hydrogens (tertiary/aromatic N) is 2. The second kappa shape index (κ2) is 8.84. The number of benzene rings is 2. The second-order valence-corrected chi connectivity index (χ2v) is 6.33. The molecule has 7 heteroatoms. The molecule has 0 fully saturated rings. The minimum atomic E-state index is -0.332. The summed E-state index contributed by atoms with van der Waals surface area (Å²) in [5, 5.41) is 5.41. The van der Waals surface area contributed by atoms with E-state index < -0.39 is 0 Å². The van der Waals surface area contributed by atoms with Gasteiger partial charge in [-0.15, -0.1) is 0 Å². The fourth-order valence-corrected chi connectivity index (χ4v) is 2.54. The molecule has 0 aliphatic heterocycles. The Labute approximate surface area is 159 Å². The van der Waals surface area contributed by atoms with E-state index in [4.69, 9.17) is 0 Å². The van der Waals surface area contributed by atoms with Crippen LogP contribution in [0.3, 0.4) is 0 Å². The van der Waals surface area contributed by atoms with Crippen molar-refractivity contribution in [2.45, 2.75) is 13.8 Å². The van der Waals surface area contributed by atoms with Crippen LogP contribution in [0.1, 0.15) is 13.8 Å². The average molecular weight is 368 g/mol. The minimum absolute atomic E-state index is 0.110. The van der Waals surface area contributed by atoms with Crippen LogP contribution in [0, 0.1) is 0 Å². The molecule has 0 spiro atoms. The molecule has 0 saturated heterocycles. The Morgan fingerprint density at radius 2 is 1.41 bits per heavy atom. The molecule has 0 atom stereocenters. The highest BCUT2D eigenvalue weighted by molar-refractivity contribution is 6.02. The highest BCUT2D eigenvalue weighted by Crippen LogP contribution is 2.20. The van der Waals surface area contributed by atoms with Crippen molar-refractivity contribution in [3.05, 3.63) is 48.5 Å². The first kappa shape index (κ1) is 20.0. The van der Waals surface area contributed by atoms with E-state index in [-0.39, 0.29) is 24.3 Å². The molecule has 2 N–H and O–H groups in total. The molecular weight excluding hydrogens is 344 g/mol. The van der Waals surface area contributed by atoms with E-state index in [2.05, 4.69) is 10.6 Å². The number of carbonyl (C=O) groups is 3. The summed E-state index contributed by atoms with van der Waals surface area (Å²) in [4.78, 5) is 38.9. The van der Waals surface area contributed by atoms with Crippen molar-refractivity contribution < 1.29 is 14.4 Å². The molecule has 2 rings (SSSR count). The van der Waals surface area contributed by atoms with Crippen LogP contribution < -0.4 is 20.4 Å². The highest BCUT2D eigenvalue weighted by atomic mass is 16.2. The maximum atomic E-state index is 12.4. The Hall–Kier alpha value is -3.35. The SMILES string of the molecule is CC(=O)Nc1cccc(NC(=O)CN(C(C)=O)c2ccc(N(C)C)cc2)c1. The summed E-state index contributed by atoms with van der Waals surface area (Å²) in [7, 11) is 3.86. The topological polar surface area (TPSA) is 81.8 Å². The Bertz CT molecular complexity index is 831. The summed E-state index contributed by atoms with van der Waals surface area (Å²) < 4.78 is 0. The molecule has 142 valence electrons. The molecule has 2 aromatic rings. The second-order valence-electron chi connectivity index (χ2n) is 6.33. The van der Waals surface area contributed by atoms with Gasteiger partial charge in [0.15, 0.2) is 0 Å². The number of anilines is 4. The van der Waals surface area contributed by atoms with Gasteiger partial charge in [0.2, 0.25) is 17.7 Å². The summed E-state index contributed by atoms with van der Waals surface area (Å²) in [6.45, 7) is 2.73. The van der Waals surface area contributed by atoms with Crippen molar-refractivity contribution in [2.24, 2.45) is 0 Å². The lowest BCUT2D eigenvalue weighted by Gasteiger charge is -2.22. The standard InChI is InChI=1S/C20H24N4O3/c1-14(25)21-16-6-5-7-17(12-16)22-20(27)13-24(15(2)26)19-10-8-18(9-11-19)23(3)4/h5-12H,13H2,1-4H3,(H,21,25)(H,22,27). The highest BCUT2D eigenvalue weighted by Gasteiger charge is 2.16. The summed E-state index contributed by atoms with van der Waals surface area (Å²) in [6.07, 6.45) is 0. The predicted molar refractivity (Wildman–Crippen MR) is 108 cm³/mol. The fourth-order valence-electron chi connectivity index (χ4n) is 2.54. The van der Waals surface area contributed by atoms with Gasteiger partial charge in [0, 0.05) is 50.7 Å². The quantitative estimate of drug-likeness (QED) is 0.821. The zero-order valence-corrected chi connectivity index (χ0v) is 15.9. The molecule has 0 aliphatic rings. The van der Waals surface area contributed by atoms with Crippen molar-refractivity contribution in [3.63, 3.8) is 0 Å². The maximum absolute atomic E-state index is 12.4. The van der Waals surface area contributed by atoms with E-state index in [1.165, 1.54) is 18.7 Å². The monoisotopic (exact) mass is 368 g/mol. The van der Waals surface area contributed by atoms with Gasteiger partial charge in [-0.25, -0.2) is 0 Å². The van der Waals surface area contributed by atoms with E-state index in [9.17, 15) is 14.4 Å². The smallest absolute Gasteiger partial charge is 0.244 e. The van der Waals surface area contributed by atoms with Crippen LogP contribution in [0.4, 0.5) is 22.7 Å². The molecule has 0 aromatic heterocycles. The molecule has 0 saturated carbocycles. The number of rotatable bonds is 6. The molecule has 3 amide bonds. The lowest BCUT2D eigenvalue weighted by atomic mass is 10.2. The zero-order chi connectivity index (χ0) is 20.0. The van der Waals surface area contributed by atoms with Crippen molar-refractivity contribution in [2.75, 3.05) is 41.1 Å². The van der Waals surface area contributed by atoms with E-state index in [0.29, 0.717) is 17.1 Å². The van der Waals surface area contributed by atoms with Gasteiger partial charge in [0.05, 0.1) is 0 Å². The average Bonchev–Trinajstić information content (AvgIpc) is 2.59. The third-order valence-corrected chi connectivity index (χ3v) is 3.83. The fraction of sp³-hybridized carbons (Fsp3) is 0.250. The number of carbonyl (C=O) groups excluding carboxylic acids is 3. The molecule has 0 unspecified atom stereocenters. The lowest BCUT2D eigenvalue weighted by Crippen LogP contribution is -2.36. The first-order valence-corrected chi connectivity index (χ1v) is 8.49. The van der Waals surface area contributed by atoms with Crippen LogP contribution in [0.25, 0.3) is 0 Å². The van der Waals surface area contributed by atoms with Gasteiger partial charge in [-0.05, 0) is 42.5 Å². The van der Waals surface area contributed by atoms with Crippen LogP contribution in [0.15, 0.2) is 48.5 Å². The Morgan fingerprint density at radius 1 is 0.852 bits per heavy atom. The van der Waals surface area contributed by atoms with Crippen LogP contribution in [-0.4, -0.2) is 38.4 Å². The molecule has 0 bridgehead atoms. The largest absolute Gasteiger partial charge is 0.378 e. The number of hydrogen-bond acceptors (Lipinski definition) is 4. The van der Waals surface area contributed by atoms with Crippen LogP contribution in [0.2, 0.25) is 0 Å². The molecule has 7 nitrogen and oxygen atoms in total. The molecule has 27 heavy (non-hydrogen) atoms. The van der Waals surface area contributed by atoms with Crippen molar-refractivity contribution in [1.82, 2.24) is 0 Å². The first-order chi connectivity index (χ1) is 12.8. The summed E-state index contributed by atoms with van der Waals surface area (Å²) >= 11 is 0. The van der Waals surface area contributed by atoms with Gasteiger partial charge in [0.1, 0.15) is 6.54 Å². The van der Waals surface area contributed by atoms with Crippen molar-refractivity contribution in [1.29, 1.82) is 0 Å². The number of amides is 3. The van der Waals surface area contributed by atoms with Gasteiger partial charge >= 0.3 is 0 Å². The number of hydrogen-bond donors (Lipinski definition) is 2. The number of nitrogens with one attached hydrogen (secondary N) is 2. The third kappa shape index (κ3) is 5.85. The molecule has 0 aliphatic carbocycles. The third-order valence-electron chi connectivity index (χ3n) is 3.83. The Morgan fingerprint density at radius 3 is 1.93 bits per heavy atom. The summed E-state index contributed by atoms with van der Waals surface area (Å²) in [6, 6.07) is 14.2. The van der Waals surface area contributed by atoms with Gasteiger partial charge in [-0.1, -0.05) is 6.07 Å². The molecule has 0 heterocycles. The Kier molecular flexibility index (Phi) is 6.54. The van der Waals surface area contributed by atoms with Gasteiger partial charge in [0.25, 0.3) is 0 Å². The lowest BCUT2D eigenvalue weighted by molar-refractivity contribution is -0.120. The zero-order valence-electron chi connectivity index (χ0n) is 15.9. The van der Waals surface area contributed by atoms with Crippen LogP contribution in [0.5, 0.6) is 0 Å². The predicted octanol–water partition coefficient (Wildman–Crippen LogP) is 2.70. The van der Waals surface area contributed by atoms with E-state index >= 15 is 0 Å². The summed E-state index contributed by atoms with van der Waals surface area (Å²) in [5.74, 6) is -0.751.